The van der Waals surface area contributed by atoms with Crippen LogP contribution in [0.5, 0.6) is 0 Å². The van der Waals surface area contributed by atoms with Crippen molar-refractivity contribution in [3.05, 3.63) is 0 Å². The van der Waals surface area contributed by atoms with E-state index in [1.807, 2.05) is 0 Å². The lowest BCUT2D eigenvalue weighted by Gasteiger charge is -2.05. The third-order valence-electron chi connectivity index (χ3n) is 1.65. The second kappa shape index (κ2) is 9.42. The first-order valence-electron chi connectivity index (χ1n) is 4.74. The quantitative estimate of drug-likeness (QED) is 0.399. The smallest absolute Gasteiger partial charge is 0.319 e. The Bertz CT molecular complexity index is 197. The van der Waals surface area contributed by atoms with Gasteiger partial charge in [-0.25, -0.2) is 0 Å². The van der Waals surface area contributed by atoms with E-state index in [9.17, 15) is 9.59 Å². The number of hydrogen-bond donors (Lipinski definition) is 2. The summed E-state index contributed by atoms with van der Waals surface area (Å²) in [7, 11) is 2.89. The SMILES string of the molecule is COCCNC(=O)CCNCC(=O)OC. The lowest BCUT2D eigenvalue weighted by Crippen LogP contribution is -2.32. The van der Waals surface area contributed by atoms with Crippen LogP contribution in [-0.2, 0) is 19.1 Å². The molecule has 0 aromatic carbocycles. The molecule has 0 saturated heterocycles. The van der Waals surface area contributed by atoms with Gasteiger partial charge in [-0.3, -0.25) is 9.59 Å². The second-order valence-electron chi connectivity index (χ2n) is 2.85. The summed E-state index contributed by atoms with van der Waals surface area (Å²) >= 11 is 0. The number of amides is 1. The summed E-state index contributed by atoms with van der Waals surface area (Å²) in [5, 5.41) is 5.46. The van der Waals surface area contributed by atoms with Crippen molar-refractivity contribution >= 4 is 11.9 Å². The zero-order valence-corrected chi connectivity index (χ0v) is 9.17. The molecule has 88 valence electrons. The molecule has 1 amide bonds. The van der Waals surface area contributed by atoms with Crippen molar-refractivity contribution in [3.63, 3.8) is 0 Å². The second-order valence-corrected chi connectivity index (χ2v) is 2.85. The number of methoxy groups -OCH3 is 2. The van der Waals surface area contributed by atoms with Gasteiger partial charge in [-0.05, 0) is 0 Å². The van der Waals surface area contributed by atoms with Crippen LogP contribution in [-0.4, -0.2) is 52.3 Å². The summed E-state index contributed by atoms with van der Waals surface area (Å²) in [6.45, 7) is 1.59. The summed E-state index contributed by atoms with van der Waals surface area (Å²) in [6.07, 6.45) is 0.334. The number of carbonyl (C=O) groups excluding carboxylic acids is 2. The van der Waals surface area contributed by atoms with Crippen LogP contribution in [0.25, 0.3) is 0 Å². The van der Waals surface area contributed by atoms with Crippen molar-refractivity contribution in [2.45, 2.75) is 6.42 Å². The number of hydrogen-bond acceptors (Lipinski definition) is 5. The number of ether oxygens (including phenoxy) is 2. The van der Waals surface area contributed by atoms with E-state index >= 15 is 0 Å². The van der Waals surface area contributed by atoms with E-state index in [0.717, 1.165) is 0 Å². The standard InChI is InChI=1S/C9H18N2O4/c1-14-6-5-11-8(12)3-4-10-7-9(13)15-2/h10H,3-7H2,1-2H3,(H,11,12). The predicted molar refractivity (Wildman–Crippen MR) is 54.4 cm³/mol. The van der Waals surface area contributed by atoms with Crippen molar-refractivity contribution in [2.24, 2.45) is 0 Å². The summed E-state index contributed by atoms with van der Waals surface area (Å²) in [4.78, 5) is 21.8. The molecule has 0 aliphatic heterocycles. The minimum atomic E-state index is -0.338. The predicted octanol–water partition coefficient (Wildman–Crippen LogP) is -1.10. The lowest BCUT2D eigenvalue weighted by atomic mass is 10.4. The average Bonchev–Trinajstić information content (AvgIpc) is 2.24. The van der Waals surface area contributed by atoms with Crippen LogP contribution in [0.3, 0.4) is 0 Å². The Morgan fingerprint density at radius 3 is 2.53 bits per heavy atom. The Labute approximate surface area is 89.3 Å². The average molecular weight is 218 g/mol. The topological polar surface area (TPSA) is 76.7 Å². The molecule has 15 heavy (non-hydrogen) atoms. The first-order chi connectivity index (χ1) is 7.20. The van der Waals surface area contributed by atoms with E-state index in [2.05, 4.69) is 15.4 Å². The third kappa shape index (κ3) is 9.17. The molecule has 0 bridgehead atoms. The molecule has 2 N–H and O–H groups in total. The molecule has 6 heteroatoms. The van der Waals surface area contributed by atoms with Gasteiger partial charge < -0.3 is 20.1 Å². The lowest BCUT2D eigenvalue weighted by molar-refractivity contribution is -0.139. The van der Waals surface area contributed by atoms with Gasteiger partial charge in [0.1, 0.15) is 0 Å². The van der Waals surface area contributed by atoms with Crippen molar-refractivity contribution < 1.29 is 19.1 Å². The normalized spacial score (nSPS) is 9.73. The molecule has 0 spiro atoms. The summed E-state index contributed by atoms with van der Waals surface area (Å²) in [5.41, 5.74) is 0. The van der Waals surface area contributed by atoms with Crippen LogP contribution in [0, 0.1) is 0 Å². The summed E-state index contributed by atoms with van der Waals surface area (Å²) < 4.78 is 9.19. The third-order valence-corrected chi connectivity index (χ3v) is 1.65. The van der Waals surface area contributed by atoms with Gasteiger partial charge in [0.2, 0.25) is 5.91 Å². The summed E-state index contributed by atoms with van der Waals surface area (Å²) in [5.74, 6) is -0.404. The molecule has 6 nitrogen and oxygen atoms in total. The molecule has 0 atom stereocenters. The molecule has 0 rings (SSSR count). The Balaban J connectivity index is 3.27. The minimum absolute atomic E-state index is 0.0654. The van der Waals surface area contributed by atoms with E-state index in [4.69, 9.17) is 4.74 Å². The maximum atomic E-state index is 11.1. The molecule has 0 aliphatic rings. The van der Waals surface area contributed by atoms with Gasteiger partial charge in [0.25, 0.3) is 0 Å². The van der Waals surface area contributed by atoms with E-state index in [-0.39, 0.29) is 18.4 Å². The highest BCUT2D eigenvalue weighted by atomic mass is 16.5. The van der Waals surface area contributed by atoms with Gasteiger partial charge in [-0.2, -0.15) is 0 Å². The number of rotatable bonds is 8. The Hall–Kier alpha value is -1.14. The zero-order valence-electron chi connectivity index (χ0n) is 9.17. The molecular formula is C9H18N2O4. The largest absolute Gasteiger partial charge is 0.468 e. The molecule has 0 unspecified atom stereocenters. The van der Waals surface area contributed by atoms with Crippen molar-refractivity contribution in [3.8, 4) is 0 Å². The van der Waals surface area contributed by atoms with Crippen molar-refractivity contribution in [1.29, 1.82) is 0 Å². The highest BCUT2D eigenvalue weighted by Crippen LogP contribution is 1.78. The number of esters is 1. The fourth-order valence-electron chi connectivity index (χ4n) is 0.845. The molecule has 0 aromatic heterocycles. The maximum Gasteiger partial charge on any atom is 0.319 e. The van der Waals surface area contributed by atoms with Crippen molar-refractivity contribution in [1.82, 2.24) is 10.6 Å². The maximum absolute atomic E-state index is 11.1. The number of nitrogens with one attached hydrogen (secondary N) is 2. The Morgan fingerprint density at radius 1 is 1.20 bits per heavy atom. The van der Waals surface area contributed by atoms with Gasteiger partial charge in [-0.1, -0.05) is 0 Å². The molecule has 0 aliphatic carbocycles. The molecular weight excluding hydrogens is 200 g/mol. The molecule has 0 aromatic rings. The van der Waals surface area contributed by atoms with Crippen LogP contribution >= 0.6 is 0 Å². The van der Waals surface area contributed by atoms with Gasteiger partial charge in [0.15, 0.2) is 0 Å². The van der Waals surface area contributed by atoms with Crippen LogP contribution in [0.4, 0.5) is 0 Å². The van der Waals surface area contributed by atoms with Crippen LogP contribution in [0.15, 0.2) is 0 Å². The van der Waals surface area contributed by atoms with Gasteiger partial charge in [0.05, 0.1) is 20.3 Å². The van der Waals surface area contributed by atoms with Gasteiger partial charge in [0, 0.05) is 26.6 Å². The van der Waals surface area contributed by atoms with Crippen LogP contribution in [0.2, 0.25) is 0 Å². The fraction of sp³-hybridized carbons (Fsp3) is 0.778. The van der Waals surface area contributed by atoms with Crippen LogP contribution in [0.1, 0.15) is 6.42 Å². The van der Waals surface area contributed by atoms with Crippen LogP contribution < -0.4 is 10.6 Å². The summed E-state index contributed by atoms with van der Waals surface area (Å²) in [6, 6.07) is 0. The fourth-order valence-corrected chi connectivity index (χ4v) is 0.845. The molecule has 0 radical (unpaired) electrons. The zero-order chi connectivity index (χ0) is 11.5. The van der Waals surface area contributed by atoms with E-state index in [1.54, 1.807) is 7.11 Å². The molecule has 0 saturated carbocycles. The number of carbonyl (C=O) groups is 2. The van der Waals surface area contributed by atoms with E-state index in [0.29, 0.717) is 26.1 Å². The highest BCUT2D eigenvalue weighted by molar-refractivity contribution is 5.76. The van der Waals surface area contributed by atoms with E-state index in [1.165, 1.54) is 7.11 Å². The highest BCUT2D eigenvalue weighted by Gasteiger charge is 2.01. The van der Waals surface area contributed by atoms with Gasteiger partial charge >= 0.3 is 5.97 Å². The Morgan fingerprint density at radius 2 is 1.93 bits per heavy atom. The first kappa shape index (κ1) is 13.9. The Kier molecular flexibility index (Phi) is 8.70. The van der Waals surface area contributed by atoms with Crippen molar-refractivity contribution in [2.75, 3.05) is 40.5 Å². The molecule has 0 fully saturated rings. The molecule has 0 heterocycles. The first-order valence-corrected chi connectivity index (χ1v) is 4.74. The minimum Gasteiger partial charge on any atom is -0.468 e. The van der Waals surface area contributed by atoms with E-state index < -0.39 is 0 Å². The van der Waals surface area contributed by atoms with Gasteiger partial charge in [-0.15, -0.1) is 0 Å². The monoisotopic (exact) mass is 218 g/mol.